The van der Waals surface area contributed by atoms with E-state index in [1.165, 1.54) is 0 Å². The third-order valence-corrected chi connectivity index (χ3v) is 3.28. The lowest BCUT2D eigenvalue weighted by atomic mass is 10.1. The molecule has 0 bridgehead atoms. The molecule has 0 radical (unpaired) electrons. The van der Waals surface area contributed by atoms with E-state index in [-0.39, 0.29) is 5.65 Å². The Morgan fingerprint density at radius 3 is 2.33 bits per heavy atom. The maximum absolute atomic E-state index is 11.6. The van der Waals surface area contributed by atoms with Crippen LogP contribution >= 0.6 is 0 Å². The predicted molar refractivity (Wildman–Crippen MR) is 82.7 cm³/mol. The van der Waals surface area contributed by atoms with Gasteiger partial charge in [-0.1, -0.05) is 12.1 Å². The summed E-state index contributed by atoms with van der Waals surface area (Å²) in [6.07, 6.45) is 0. The van der Waals surface area contributed by atoms with Crippen LogP contribution in [0.4, 0.5) is 5.69 Å². The van der Waals surface area contributed by atoms with Gasteiger partial charge in [-0.05, 0) is 24.3 Å². The predicted octanol–water partition coefficient (Wildman–Crippen LogP) is 1.34. The Hall–Kier alpha value is -2.89. The molecular weight excluding hydrogens is 268 g/mol. The molecule has 3 aromatic rings. The average molecular weight is 282 g/mol. The standard InChI is InChI=1S/C15H14N4O2/c1-19(2)10-5-3-9(4-6-10)12-8-7-11-13(16-12)17-15(21)18-14(11)20/h3-8H,1-2H3,(H2,16,17,18,20,21). The molecule has 0 saturated heterocycles. The summed E-state index contributed by atoms with van der Waals surface area (Å²) in [4.78, 5) is 34.0. The lowest BCUT2D eigenvalue weighted by Gasteiger charge is -2.12. The Morgan fingerprint density at radius 1 is 0.952 bits per heavy atom. The van der Waals surface area contributed by atoms with Gasteiger partial charge in [-0.2, -0.15) is 0 Å². The topological polar surface area (TPSA) is 81.9 Å². The van der Waals surface area contributed by atoms with Gasteiger partial charge in [0, 0.05) is 25.3 Å². The highest BCUT2D eigenvalue weighted by atomic mass is 16.2. The van der Waals surface area contributed by atoms with Gasteiger partial charge < -0.3 is 4.90 Å². The van der Waals surface area contributed by atoms with Gasteiger partial charge in [-0.25, -0.2) is 9.78 Å². The molecule has 2 aromatic heterocycles. The molecule has 0 aliphatic heterocycles. The van der Waals surface area contributed by atoms with E-state index in [2.05, 4.69) is 15.0 Å². The first-order chi connectivity index (χ1) is 10.0. The number of benzene rings is 1. The van der Waals surface area contributed by atoms with E-state index in [9.17, 15) is 9.59 Å². The van der Waals surface area contributed by atoms with Crippen molar-refractivity contribution in [3.8, 4) is 11.3 Å². The molecule has 1 aromatic carbocycles. The number of rotatable bonds is 2. The number of aromatic nitrogens is 3. The fourth-order valence-electron chi connectivity index (χ4n) is 2.14. The molecule has 21 heavy (non-hydrogen) atoms. The van der Waals surface area contributed by atoms with Crippen LogP contribution in [0.3, 0.4) is 0 Å². The first-order valence-corrected chi connectivity index (χ1v) is 6.46. The molecular formula is C15H14N4O2. The minimum absolute atomic E-state index is 0.290. The van der Waals surface area contributed by atoms with Crippen molar-refractivity contribution in [2.75, 3.05) is 19.0 Å². The van der Waals surface area contributed by atoms with Crippen molar-refractivity contribution in [2.24, 2.45) is 0 Å². The van der Waals surface area contributed by atoms with E-state index in [1.54, 1.807) is 12.1 Å². The molecule has 3 rings (SSSR count). The van der Waals surface area contributed by atoms with Crippen molar-refractivity contribution in [3.05, 3.63) is 57.2 Å². The molecule has 0 aliphatic carbocycles. The lowest BCUT2D eigenvalue weighted by Crippen LogP contribution is -2.22. The third kappa shape index (κ3) is 2.43. The summed E-state index contributed by atoms with van der Waals surface area (Å²) < 4.78 is 0. The van der Waals surface area contributed by atoms with E-state index >= 15 is 0 Å². The van der Waals surface area contributed by atoms with Crippen LogP contribution in [0.5, 0.6) is 0 Å². The number of hydrogen-bond acceptors (Lipinski definition) is 4. The molecule has 2 N–H and O–H groups in total. The molecule has 0 aliphatic rings. The van der Waals surface area contributed by atoms with E-state index < -0.39 is 11.2 Å². The zero-order valence-electron chi connectivity index (χ0n) is 11.7. The number of anilines is 1. The zero-order valence-corrected chi connectivity index (χ0v) is 11.7. The second-order valence-corrected chi connectivity index (χ2v) is 4.94. The molecule has 106 valence electrons. The Bertz CT molecular complexity index is 907. The van der Waals surface area contributed by atoms with Crippen molar-refractivity contribution in [1.82, 2.24) is 15.0 Å². The summed E-state index contributed by atoms with van der Waals surface area (Å²) >= 11 is 0. The summed E-state index contributed by atoms with van der Waals surface area (Å²) in [6.45, 7) is 0. The Balaban J connectivity index is 2.12. The summed E-state index contributed by atoms with van der Waals surface area (Å²) in [5.41, 5.74) is 2.01. The van der Waals surface area contributed by atoms with Crippen LogP contribution in [0.2, 0.25) is 0 Å². The number of aromatic amines is 2. The van der Waals surface area contributed by atoms with E-state index in [0.717, 1.165) is 11.3 Å². The number of H-pyrrole nitrogens is 2. The summed E-state index contributed by atoms with van der Waals surface area (Å²) in [7, 11) is 3.95. The summed E-state index contributed by atoms with van der Waals surface area (Å²) in [5, 5.41) is 0.364. The molecule has 0 atom stereocenters. The van der Waals surface area contributed by atoms with Gasteiger partial charge in [-0.3, -0.25) is 14.8 Å². The highest BCUT2D eigenvalue weighted by Crippen LogP contribution is 2.21. The van der Waals surface area contributed by atoms with E-state index in [1.807, 2.05) is 43.3 Å². The quantitative estimate of drug-likeness (QED) is 0.743. The number of fused-ring (bicyclic) bond motifs is 1. The monoisotopic (exact) mass is 282 g/mol. The summed E-state index contributed by atoms with van der Waals surface area (Å²) in [6, 6.07) is 11.3. The van der Waals surface area contributed by atoms with Crippen LogP contribution in [-0.4, -0.2) is 29.0 Å². The number of nitrogens with one attached hydrogen (secondary N) is 2. The second-order valence-electron chi connectivity index (χ2n) is 4.94. The maximum atomic E-state index is 11.6. The highest BCUT2D eigenvalue weighted by molar-refractivity contribution is 5.77. The van der Waals surface area contributed by atoms with Gasteiger partial charge in [0.25, 0.3) is 5.56 Å². The first-order valence-electron chi connectivity index (χ1n) is 6.46. The fraction of sp³-hybridized carbons (Fsp3) is 0.133. The van der Waals surface area contributed by atoms with Crippen molar-refractivity contribution in [3.63, 3.8) is 0 Å². The van der Waals surface area contributed by atoms with Gasteiger partial charge >= 0.3 is 5.69 Å². The molecule has 6 heteroatoms. The molecule has 2 heterocycles. The average Bonchev–Trinajstić information content (AvgIpc) is 2.46. The fourth-order valence-corrected chi connectivity index (χ4v) is 2.14. The van der Waals surface area contributed by atoms with Crippen LogP contribution < -0.4 is 16.1 Å². The van der Waals surface area contributed by atoms with Crippen LogP contribution in [0.1, 0.15) is 0 Å². The van der Waals surface area contributed by atoms with Gasteiger partial charge in [0.15, 0.2) is 0 Å². The molecule has 0 unspecified atom stereocenters. The molecule has 0 amide bonds. The van der Waals surface area contributed by atoms with E-state index in [0.29, 0.717) is 11.1 Å². The summed E-state index contributed by atoms with van der Waals surface area (Å²) in [5.74, 6) is 0. The molecule has 6 nitrogen and oxygen atoms in total. The molecule has 0 spiro atoms. The molecule has 0 saturated carbocycles. The second kappa shape index (κ2) is 4.90. The zero-order chi connectivity index (χ0) is 15.0. The Morgan fingerprint density at radius 2 is 1.67 bits per heavy atom. The van der Waals surface area contributed by atoms with Crippen molar-refractivity contribution >= 4 is 16.7 Å². The minimum Gasteiger partial charge on any atom is -0.378 e. The third-order valence-electron chi connectivity index (χ3n) is 3.28. The number of nitrogens with zero attached hydrogens (tertiary/aromatic N) is 2. The van der Waals surface area contributed by atoms with Gasteiger partial charge in [0.05, 0.1) is 11.1 Å². The van der Waals surface area contributed by atoms with Gasteiger partial charge in [0.2, 0.25) is 0 Å². The number of hydrogen-bond donors (Lipinski definition) is 2. The van der Waals surface area contributed by atoms with Crippen molar-refractivity contribution in [1.29, 1.82) is 0 Å². The Labute approximate surface area is 120 Å². The normalized spacial score (nSPS) is 10.8. The Kier molecular flexibility index (Phi) is 3.06. The maximum Gasteiger partial charge on any atom is 0.327 e. The van der Waals surface area contributed by atoms with Crippen molar-refractivity contribution in [2.45, 2.75) is 0 Å². The van der Waals surface area contributed by atoms with Gasteiger partial charge in [0.1, 0.15) is 5.65 Å². The van der Waals surface area contributed by atoms with Crippen LogP contribution in [0.25, 0.3) is 22.3 Å². The SMILES string of the molecule is CN(C)c1ccc(-c2ccc3c(=O)[nH]c(=O)[nH]c3n2)cc1. The largest absolute Gasteiger partial charge is 0.378 e. The van der Waals surface area contributed by atoms with E-state index in [4.69, 9.17) is 0 Å². The van der Waals surface area contributed by atoms with Crippen LogP contribution in [0.15, 0.2) is 46.0 Å². The first kappa shape index (κ1) is 13.1. The van der Waals surface area contributed by atoms with Crippen LogP contribution in [0, 0.1) is 0 Å². The lowest BCUT2D eigenvalue weighted by molar-refractivity contribution is 1.06. The number of pyridine rings is 1. The van der Waals surface area contributed by atoms with Gasteiger partial charge in [-0.15, -0.1) is 0 Å². The smallest absolute Gasteiger partial charge is 0.327 e. The molecule has 0 fully saturated rings. The highest BCUT2D eigenvalue weighted by Gasteiger charge is 2.05. The van der Waals surface area contributed by atoms with Crippen molar-refractivity contribution < 1.29 is 0 Å². The minimum atomic E-state index is -0.555. The van der Waals surface area contributed by atoms with Crippen LogP contribution in [-0.2, 0) is 0 Å².